The molecular weight excluding hydrogens is 240 g/mol. The van der Waals surface area contributed by atoms with E-state index in [0.29, 0.717) is 0 Å². The third-order valence-corrected chi connectivity index (χ3v) is 1.06. The standard InChI is InChI=1S/C3Cl3N3.CH4N2O/c4-1-7-2(5)9-3(6)8-1;2-1(3)4/h;(H4,2,3,4). The van der Waals surface area contributed by atoms with Gasteiger partial charge in [0.1, 0.15) is 0 Å². The molecule has 1 aromatic rings. The molecule has 0 aromatic carbocycles. The number of nitrogens with two attached hydrogens (primary N) is 2. The Morgan fingerprint density at radius 3 is 1.23 bits per heavy atom. The van der Waals surface area contributed by atoms with Crippen LogP contribution in [0.3, 0.4) is 0 Å². The van der Waals surface area contributed by atoms with Crippen LogP contribution in [0.15, 0.2) is 0 Å². The lowest BCUT2D eigenvalue weighted by molar-refractivity contribution is 0.256. The average Bonchev–Trinajstić information content (AvgIpc) is 1.80. The van der Waals surface area contributed by atoms with E-state index in [-0.39, 0.29) is 15.9 Å². The number of primary amides is 2. The average molecular weight is 244 g/mol. The molecule has 72 valence electrons. The molecule has 0 saturated carbocycles. The molecule has 2 amide bonds. The molecule has 4 N–H and O–H groups in total. The second-order valence-corrected chi connectivity index (χ2v) is 2.56. The lowest BCUT2D eigenvalue weighted by atomic mass is 11.1. The summed E-state index contributed by atoms with van der Waals surface area (Å²) in [6, 6.07) is -0.833. The fourth-order valence-corrected chi connectivity index (χ4v) is 0.913. The Bertz CT molecular complexity index is 251. The van der Waals surface area contributed by atoms with E-state index < -0.39 is 6.03 Å². The molecule has 0 aliphatic rings. The molecule has 0 atom stereocenters. The van der Waals surface area contributed by atoms with Crippen molar-refractivity contribution < 1.29 is 4.79 Å². The summed E-state index contributed by atoms with van der Waals surface area (Å²) in [6.45, 7) is 0. The van der Waals surface area contributed by atoms with E-state index in [4.69, 9.17) is 39.6 Å². The summed E-state index contributed by atoms with van der Waals surface area (Å²) in [5, 5.41) is 0.00000000000000178. The van der Waals surface area contributed by atoms with Crippen molar-refractivity contribution in [3.63, 3.8) is 0 Å². The Morgan fingerprint density at radius 1 is 0.923 bits per heavy atom. The minimum atomic E-state index is -0.833. The van der Waals surface area contributed by atoms with Gasteiger partial charge >= 0.3 is 6.03 Å². The van der Waals surface area contributed by atoms with Crippen LogP contribution in [0.1, 0.15) is 0 Å². The third-order valence-electron chi connectivity index (χ3n) is 0.554. The van der Waals surface area contributed by atoms with Gasteiger partial charge in [-0.2, -0.15) is 15.0 Å². The van der Waals surface area contributed by atoms with E-state index in [0.717, 1.165) is 0 Å². The summed E-state index contributed by atoms with van der Waals surface area (Å²) in [4.78, 5) is 19.4. The topological polar surface area (TPSA) is 108 Å². The maximum atomic E-state index is 9.00. The van der Waals surface area contributed by atoms with Gasteiger partial charge in [-0.05, 0) is 34.8 Å². The van der Waals surface area contributed by atoms with Crippen molar-refractivity contribution in [2.24, 2.45) is 11.5 Å². The zero-order valence-corrected chi connectivity index (χ0v) is 8.31. The van der Waals surface area contributed by atoms with Gasteiger partial charge in [0.15, 0.2) is 0 Å². The van der Waals surface area contributed by atoms with Crippen molar-refractivity contribution >= 4 is 40.8 Å². The summed E-state index contributed by atoms with van der Waals surface area (Å²) >= 11 is 16.0. The van der Waals surface area contributed by atoms with E-state index >= 15 is 0 Å². The highest BCUT2D eigenvalue weighted by molar-refractivity contribution is 6.33. The zero-order chi connectivity index (χ0) is 10.4. The van der Waals surface area contributed by atoms with Gasteiger partial charge in [-0.3, -0.25) is 0 Å². The van der Waals surface area contributed by atoms with E-state index in [1.165, 1.54) is 0 Å². The monoisotopic (exact) mass is 243 g/mol. The second kappa shape index (κ2) is 5.74. The van der Waals surface area contributed by atoms with E-state index in [2.05, 4.69) is 26.4 Å². The van der Waals surface area contributed by atoms with Gasteiger partial charge in [0.05, 0.1) is 0 Å². The normalized spacial score (nSPS) is 8.54. The molecule has 1 heterocycles. The third kappa shape index (κ3) is 7.51. The Balaban J connectivity index is 0.000000310. The predicted molar refractivity (Wildman–Crippen MR) is 48.6 cm³/mol. The van der Waals surface area contributed by atoms with Crippen LogP contribution in [0.4, 0.5) is 4.79 Å². The van der Waals surface area contributed by atoms with Crippen LogP contribution in [0, 0.1) is 0 Å². The summed E-state index contributed by atoms with van der Waals surface area (Å²) in [6.07, 6.45) is 0. The van der Waals surface area contributed by atoms with E-state index in [1.54, 1.807) is 0 Å². The summed E-state index contributed by atoms with van der Waals surface area (Å²) in [5.41, 5.74) is 8.50. The first-order valence-electron chi connectivity index (χ1n) is 2.69. The smallest absolute Gasteiger partial charge is 0.309 e. The number of aromatic nitrogens is 3. The minimum Gasteiger partial charge on any atom is -0.352 e. The van der Waals surface area contributed by atoms with Crippen LogP contribution in [0.5, 0.6) is 0 Å². The van der Waals surface area contributed by atoms with Gasteiger partial charge in [0.2, 0.25) is 15.9 Å². The second-order valence-electron chi connectivity index (χ2n) is 1.54. The van der Waals surface area contributed by atoms with Crippen molar-refractivity contribution in [1.82, 2.24) is 15.0 Å². The Labute approximate surface area is 88.2 Å². The van der Waals surface area contributed by atoms with Crippen molar-refractivity contribution in [3.05, 3.63) is 15.9 Å². The van der Waals surface area contributed by atoms with Crippen molar-refractivity contribution in [3.8, 4) is 0 Å². The summed E-state index contributed by atoms with van der Waals surface area (Å²) in [5.74, 6) is 0. The van der Waals surface area contributed by atoms with Crippen LogP contribution in [-0.2, 0) is 0 Å². The highest BCUT2D eigenvalue weighted by Crippen LogP contribution is 2.08. The first-order valence-corrected chi connectivity index (χ1v) is 3.82. The molecule has 9 heteroatoms. The van der Waals surface area contributed by atoms with Crippen LogP contribution in [-0.4, -0.2) is 21.0 Å². The van der Waals surface area contributed by atoms with Gasteiger partial charge < -0.3 is 11.5 Å². The van der Waals surface area contributed by atoms with Gasteiger partial charge in [0.25, 0.3) is 0 Å². The molecule has 13 heavy (non-hydrogen) atoms. The maximum Gasteiger partial charge on any atom is 0.309 e. The Hall–Kier alpha value is -0.850. The van der Waals surface area contributed by atoms with Crippen molar-refractivity contribution in [2.45, 2.75) is 0 Å². The van der Waals surface area contributed by atoms with Gasteiger partial charge in [-0.15, -0.1) is 0 Å². The highest BCUT2D eigenvalue weighted by atomic mass is 35.5. The van der Waals surface area contributed by atoms with Crippen LogP contribution >= 0.6 is 34.8 Å². The molecule has 0 radical (unpaired) electrons. The number of carbonyl (C=O) groups is 1. The molecule has 1 rings (SSSR count). The van der Waals surface area contributed by atoms with Crippen LogP contribution in [0.2, 0.25) is 15.9 Å². The predicted octanol–water partition coefficient (Wildman–Crippen LogP) is 0.856. The van der Waals surface area contributed by atoms with Crippen LogP contribution in [0.25, 0.3) is 0 Å². The van der Waals surface area contributed by atoms with E-state index in [9.17, 15) is 0 Å². The van der Waals surface area contributed by atoms with Gasteiger partial charge in [-0.1, -0.05) is 0 Å². The minimum absolute atomic E-state index is 0.000000000000000444. The molecule has 1 aromatic heterocycles. The Kier molecular flexibility index (Phi) is 5.36. The molecule has 6 nitrogen and oxygen atoms in total. The number of amides is 2. The maximum absolute atomic E-state index is 9.00. The Morgan fingerprint density at radius 2 is 1.08 bits per heavy atom. The zero-order valence-electron chi connectivity index (χ0n) is 6.04. The highest BCUT2D eigenvalue weighted by Gasteiger charge is 1.97. The van der Waals surface area contributed by atoms with Crippen LogP contribution < -0.4 is 11.5 Å². The summed E-state index contributed by atoms with van der Waals surface area (Å²) < 4.78 is 0. The number of urea groups is 1. The van der Waals surface area contributed by atoms with Crippen molar-refractivity contribution in [1.29, 1.82) is 0 Å². The number of halogens is 3. The fourth-order valence-electron chi connectivity index (χ4n) is 0.303. The first-order chi connectivity index (χ1) is 5.91. The molecular formula is C4H4Cl3N5O. The molecule has 0 aliphatic heterocycles. The first kappa shape index (κ1) is 12.2. The van der Waals surface area contributed by atoms with Gasteiger partial charge in [0, 0.05) is 0 Å². The SMILES string of the molecule is Clc1nc(Cl)nc(Cl)n1.NC(N)=O. The van der Waals surface area contributed by atoms with Crippen molar-refractivity contribution in [2.75, 3.05) is 0 Å². The number of rotatable bonds is 0. The molecule has 0 bridgehead atoms. The number of hydrogen-bond donors (Lipinski definition) is 2. The van der Waals surface area contributed by atoms with E-state index in [1.807, 2.05) is 0 Å². The van der Waals surface area contributed by atoms with Gasteiger partial charge in [-0.25, -0.2) is 4.79 Å². The number of hydrogen-bond acceptors (Lipinski definition) is 4. The largest absolute Gasteiger partial charge is 0.352 e. The quantitative estimate of drug-likeness (QED) is 0.705. The fraction of sp³-hybridized carbons (Fsp3) is 0. The molecule has 0 aliphatic carbocycles. The lowest BCUT2D eigenvalue weighted by Gasteiger charge is -1.88. The number of nitrogens with zero attached hydrogens (tertiary/aromatic N) is 3. The lowest BCUT2D eigenvalue weighted by Crippen LogP contribution is -2.18. The molecule has 0 unspecified atom stereocenters. The molecule has 0 spiro atoms. The number of carbonyl (C=O) groups excluding carboxylic acids is 1. The summed E-state index contributed by atoms with van der Waals surface area (Å²) in [7, 11) is 0. The molecule has 0 saturated heterocycles. The molecule has 0 fully saturated rings.